The summed E-state index contributed by atoms with van der Waals surface area (Å²) in [6.07, 6.45) is 6.68. The molecule has 3 aliphatic rings. The summed E-state index contributed by atoms with van der Waals surface area (Å²) in [5.74, 6) is -0.00493. The van der Waals surface area contributed by atoms with Gasteiger partial charge in [0.15, 0.2) is 0 Å². The van der Waals surface area contributed by atoms with Gasteiger partial charge in [-0.05, 0) is 33.1 Å². The maximum absolute atomic E-state index is 13.0. The Bertz CT molecular complexity index is 493. The Balaban J connectivity index is 0.00000225. The summed E-state index contributed by atoms with van der Waals surface area (Å²) >= 11 is 0. The zero-order valence-corrected chi connectivity index (χ0v) is 16.9. The van der Waals surface area contributed by atoms with Crippen molar-refractivity contribution >= 4 is 18.3 Å². The van der Waals surface area contributed by atoms with Crippen LogP contribution >= 0.6 is 12.4 Å². The van der Waals surface area contributed by atoms with Gasteiger partial charge >= 0.3 is 0 Å². The number of nitrogens with two attached hydrogens (primary N) is 1. The molecule has 146 valence electrons. The summed E-state index contributed by atoms with van der Waals surface area (Å²) in [6.45, 7) is 9.54. The molecule has 3 saturated carbocycles. The first-order valence-electron chi connectivity index (χ1n) is 9.65. The van der Waals surface area contributed by atoms with E-state index in [9.17, 15) is 4.79 Å². The largest absolute Gasteiger partial charge is 0.378 e. The van der Waals surface area contributed by atoms with Crippen LogP contribution in [0.15, 0.2) is 0 Å². The van der Waals surface area contributed by atoms with E-state index >= 15 is 0 Å². The van der Waals surface area contributed by atoms with E-state index in [1.54, 1.807) is 0 Å². The summed E-state index contributed by atoms with van der Waals surface area (Å²) in [5, 5.41) is 3.30. The first-order valence-corrected chi connectivity index (χ1v) is 9.65. The maximum Gasteiger partial charge on any atom is 0.241 e. The number of carbonyl (C=O) groups is 1. The maximum atomic E-state index is 13.0. The van der Waals surface area contributed by atoms with Gasteiger partial charge in [0.25, 0.3) is 0 Å². The molecule has 3 fully saturated rings. The standard InChI is InChI=1S/C19H34N2O3.ClH/c1-5-23-14-11-13(18(14)9-7-8-10-18)21-16(22)19(20)12-15(24-6-2)17(19,3)4;/h13-15H,5-12,20H2,1-4H3,(H,21,22);1H. The van der Waals surface area contributed by atoms with Crippen molar-refractivity contribution in [2.24, 2.45) is 16.6 Å². The van der Waals surface area contributed by atoms with Gasteiger partial charge in [-0.1, -0.05) is 26.7 Å². The average molecular weight is 375 g/mol. The second kappa shape index (κ2) is 7.34. The third kappa shape index (κ3) is 3.01. The van der Waals surface area contributed by atoms with Crippen LogP contribution in [0.1, 0.15) is 66.2 Å². The molecule has 0 aliphatic heterocycles. The van der Waals surface area contributed by atoms with Crippen molar-refractivity contribution in [2.45, 2.75) is 90.0 Å². The van der Waals surface area contributed by atoms with E-state index in [-0.39, 0.29) is 41.3 Å². The van der Waals surface area contributed by atoms with Crippen LogP contribution in [-0.2, 0) is 14.3 Å². The molecular weight excluding hydrogens is 340 g/mol. The molecule has 0 aromatic heterocycles. The Labute approximate surface area is 158 Å². The molecule has 0 aromatic rings. The minimum Gasteiger partial charge on any atom is -0.378 e. The summed E-state index contributed by atoms with van der Waals surface area (Å²) in [5.41, 5.74) is 5.51. The lowest BCUT2D eigenvalue weighted by Crippen LogP contribution is -2.78. The van der Waals surface area contributed by atoms with Crippen molar-refractivity contribution in [1.29, 1.82) is 0 Å². The highest BCUT2D eigenvalue weighted by Gasteiger charge is 2.64. The highest BCUT2D eigenvalue weighted by molar-refractivity contribution is 5.89. The fourth-order valence-corrected chi connectivity index (χ4v) is 5.20. The van der Waals surface area contributed by atoms with Crippen LogP contribution in [0, 0.1) is 10.8 Å². The molecule has 0 heterocycles. The number of rotatable bonds is 6. The molecule has 0 bridgehead atoms. The van der Waals surface area contributed by atoms with Gasteiger partial charge < -0.3 is 20.5 Å². The lowest BCUT2D eigenvalue weighted by molar-refractivity contribution is -0.178. The van der Waals surface area contributed by atoms with Gasteiger partial charge in [-0.15, -0.1) is 12.4 Å². The van der Waals surface area contributed by atoms with Crippen LogP contribution in [0.25, 0.3) is 0 Å². The molecule has 3 rings (SSSR count). The van der Waals surface area contributed by atoms with Gasteiger partial charge in [0, 0.05) is 36.5 Å². The Kier molecular flexibility index (Phi) is 6.15. The molecule has 1 amide bonds. The predicted octanol–water partition coefficient (Wildman–Crippen LogP) is 2.79. The van der Waals surface area contributed by atoms with Crippen molar-refractivity contribution in [1.82, 2.24) is 5.32 Å². The number of halogens is 1. The topological polar surface area (TPSA) is 73.6 Å². The molecule has 0 saturated heterocycles. The third-order valence-electron chi connectivity index (χ3n) is 7.23. The van der Waals surface area contributed by atoms with Gasteiger partial charge in [0.05, 0.1) is 12.2 Å². The Morgan fingerprint density at radius 1 is 1.12 bits per heavy atom. The molecule has 1 spiro atoms. The summed E-state index contributed by atoms with van der Waals surface area (Å²) in [4.78, 5) is 13.0. The molecule has 0 radical (unpaired) electrons. The van der Waals surface area contributed by atoms with Crippen molar-refractivity contribution in [3.8, 4) is 0 Å². The molecule has 0 aromatic carbocycles. The van der Waals surface area contributed by atoms with Crippen molar-refractivity contribution < 1.29 is 14.3 Å². The van der Waals surface area contributed by atoms with Crippen LogP contribution in [0.2, 0.25) is 0 Å². The smallest absolute Gasteiger partial charge is 0.241 e. The second-order valence-electron chi connectivity index (χ2n) is 8.49. The van der Waals surface area contributed by atoms with E-state index < -0.39 is 5.54 Å². The average Bonchev–Trinajstić information content (AvgIpc) is 3.06. The number of hydrogen-bond donors (Lipinski definition) is 2. The molecule has 4 atom stereocenters. The molecule has 3 aliphatic carbocycles. The monoisotopic (exact) mass is 374 g/mol. The number of hydrogen-bond acceptors (Lipinski definition) is 4. The van der Waals surface area contributed by atoms with E-state index in [1.807, 2.05) is 27.7 Å². The fraction of sp³-hybridized carbons (Fsp3) is 0.947. The van der Waals surface area contributed by atoms with Crippen LogP contribution in [0.5, 0.6) is 0 Å². The van der Waals surface area contributed by atoms with Gasteiger partial charge in [-0.2, -0.15) is 0 Å². The van der Waals surface area contributed by atoms with Gasteiger partial charge in [-0.25, -0.2) is 0 Å². The molecule has 25 heavy (non-hydrogen) atoms. The molecule has 5 nitrogen and oxygen atoms in total. The zero-order chi connectivity index (χ0) is 17.6. The predicted molar refractivity (Wildman–Crippen MR) is 101 cm³/mol. The van der Waals surface area contributed by atoms with Crippen LogP contribution in [-0.4, -0.2) is 42.9 Å². The highest BCUT2D eigenvalue weighted by atomic mass is 35.5. The van der Waals surface area contributed by atoms with Crippen LogP contribution in [0.4, 0.5) is 0 Å². The van der Waals surface area contributed by atoms with Crippen molar-refractivity contribution in [2.75, 3.05) is 13.2 Å². The zero-order valence-electron chi connectivity index (χ0n) is 16.1. The molecule has 4 unspecified atom stereocenters. The summed E-state index contributed by atoms with van der Waals surface area (Å²) in [7, 11) is 0. The normalized spacial score (nSPS) is 37.7. The quantitative estimate of drug-likeness (QED) is 0.749. The number of nitrogens with one attached hydrogen (secondary N) is 1. The number of amides is 1. The highest BCUT2D eigenvalue weighted by Crippen LogP contribution is 2.56. The van der Waals surface area contributed by atoms with E-state index in [2.05, 4.69) is 5.32 Å². The minimum absolute atomic E-state index is 0. The van der Waals surface area contributed by atoms with Gasteiger partial charge in [-0.3, -0.25) is 4.79 Å². The first-order chi connectivity index (χ1) is 11.3. The molecular formula is C19H35ClN2O3. The van der Waals surface area contributed by atoms with Gasteiger partial charge in [0.2, 0.25) is 5.91 Å². The SMILES string of the molecule is CCOC1CC(NC(=O)C2(N)CC(OCC)C2(C)C)C12CCCC2.Cl. The van der Waals surface area contributed by atoms with E-state index in [4.69, 9.17) is 15.2 Å². The minimum atomic E-state index is -0.830. The van der Waals surface area contributed by atoms with Crippen molar-refractivity contribution in [3.05, 3.63) is 0 Å². The first kappa shape index (κ1) is 20.9. The van der Waals surface area contributed by atoms with Crippen LogP contribution < -0.4 is 11.1 Å². The summed E-state index contributed by atoms with van der Waals surface area (Å²) in [6, 6.07) is 0.214. The van der Waals surface area contributed by atoms with E-state index in [1.165, 1.54) is 12.8 Å². The fourth-order valence-electron chi connectivity index (χ4n) is 5.20. The van der Waals surface area contributed by atoms with E-state index in [0.29, 0.717) is 19.1 Å². The lowest BCUT2D eigenvalue weighted by atomic mass is 9.53. The Hall–Kier alpha value is -0.360. The third-order valence-corrected chi connectivity index (χ3v) is 7.23. The summed E-state index contributed by atoms with van der Waals surface area (Å²) < 4.78 is 11.7. The second-order valence-corrected chi connectivity index (χ2v) is 8.49. The van der Waals surface area contributed by atoms with Crippen molar-refractivity contribution in [3.63, 3.8) is 0 Å². The number of ether oxygens (including phenoxy) is 2. The Morgan fingerprint density at radius 3 is 2.20 bits per heavy atom. The van der Waals surface area contributed by atoms with Gasteiger partial charge in [0.1, 0.15) is 5.54 Å². The number of carbonyl (C=O) groups excluding carboxylic acids is 1. The Morgan fingerprint density at radius 2 is 1.68 bits per heavy atom. The van der Waals surface area contributed by atoms with Crippen LogP contribution in [0.3, 0.4) is 0 Å². The van der Waals surface area contributed by atoms with E-state index in [0.717, 1.165) is 25.9 Å². The molecule has 3 N–H and O–H groups in total. The molecule has 6 heteroatoms. The lowest BCUT2D eigenvalue weighted by Gasteiger charge is -2.60.